The Morgan fingerprint density at radius 3 is 1.98 bits per heavy atom. The lowest BCUT2D eigenvalue weighted by Gasteiger charge is -2.09. The van der Waals surface area contributed by atoms with Gasteiger partial charge in [-0.25, -0.2) is 9.97 Å². The van der Waals surface area contributed by atoms with Crippen molar-refractivity contribution >= 4 is 54.5 Å². The molecule has 3 aromatic heterocycles. The third-order valence-electron chi connectivity index (χ3n) is 9.40. The lowest BCUT2D eigenvalue weighted by molar-refractivity contribution is 0.674. The van der Waals surface area contributed by atoms with Crippen molar-refractivity contribution in [1.29, 1.82) is 0 Å². The monoisotopic (exact) mass is 613 g/mol. The second-order valence-corrected chi connectivity index (χ2v) is 12.2. The van der Waals surface area contributed by atoms with E-state index in [0.717, 1.165) is 77.5 Å². The standard InChI is InChI=1S/C44H27N3O/c1-3-13-29(14-4-1)37-27-38(46-44(45-37)30-15-5-2-6-16-30)35-20-11-19-33-34-24-25-40-41(43(34)48-42(33)35)36-18-9-10-21-39(36)47(40)32-23-22-28-12-7-8-17-31(28)26-32/h1-27H. The van der Waals surface area contributed by atoms with E-state index >= 15 is 0 Å². The predicted octanol–water partition coefficient (Wildman–Crippen LogP) is 11.6. The molecule has 0 saturated heterocycles. The molecule has 0 fully saturated rings. The molecular weight excluding hydrogens is 587 g/mol. The number of hydrogen-bond acceptors (Lipinski definition) is 3. The average Bonchev–Trinajstić information content (AvgIpc) is 3.71. The highest BCUT2D eigenvalue weighted by atomic mass is 16.3. The summed E-state index contributed by atoms with van der Waals surface area (Å²) < 4.78 is 9.35. The van der Waals surface area contributed by atoms with Gasteiger partial charge in [0, 0.05) is 38.5 Å². The summed E-state index contributed by atoms with van der Waals surface area (Å²) in [4.78, 5) is 10.1. The first-order valence-electron chi connectivity index (χ1n) is 16.2. The first-order valence-corrected chi connectivity index (χ1v) is 16.2. The summed E-state index contributed by atoms with van der Waals surface area (Å²) >= 11 is 0. The van der Waals surface area contributed by atoms with Gasteiger partial charge in [-0.3, -0.25) is 0 Å². The molecule has 224 valence electrons. The average molecular weight is 614 g/mol. The molecule has 0 spiro atoms. The first-order chi connectivity index (χ1) is 23.8. The zero-order valence-electron chi connectivity index (χ0n) is 25.8. The largest absolute Gasteiger partial charge is 0.455 e. The molecule has 3 heterocycles. The summed E-state index contributed by atoms with van der Waals surface area (Å²) in [5.41, 5.74) is 9.72. The van der Waals surface area contributed by atoms with Crippen molar-refractivity contribution in [3.63, 3.8) is 0 Å². The van der Waals surface area contributed by atoms with Gasteiger partial charge in [0.1, 0.15) is 11.2 Å². The summed E-state index contributed by atoms with van der Waals surface area (Å²) in [5, 5.41) is 6.85. The maximum Gasteiger partial charge on any atom is 0.160 e. The van der Waals surface area contributed by atoms with Gasteiger partial charge in [-0.15, -0.1) is 0 Å². The van der Waals surface area contributed by atoms with Crippen LogP contribution in [0.3, 0.4) is 0 Å². The van der Waals surface area contributed by atoms with Crippen molar-refractivity contribution in [3.8, 4) is 39.6 Å². The molecule has 0 aliphatic heterocycles. The number of furan rings is 1. The number of para-hydroxylation sites is 2. The lowest BCUT2D eigenvalue weighted by Crippen LogP contribution is -1.96. The molecule has 4 nitrogen and oxygen atoms in total. The van der Waals surface area contributed by atoms with Gasteiger partial charge >= 0.3 is 0 Å². The fourth-order valence-corrected chi connectivity index (χ4v) is 7.16. The maximum absolute atomic E-state index is 7.00. The van der Waals surface area contributed by atoms with E-state index in [1.807, 2.05) is 36.4 Å². The lowest BCUT2D eigenvalue weighted by atomic mass is 10.0. The molecule has 48 heavy (non-hydrogen) atoms. The number of rotatable bonds is 4. The van der Waals surface area contributed by atoms with E-state index in [1.54, 1.807) is 0 Å². The molecular formula is C44H27N3O. The minimum atomic E-state index is 0.681. The Morgan fingerprint density at radius 2 is 1.12 bits per heavy atom. The molecule has 0 amide bonds. The number of aromatic nitrogens is 3. The van der Waals surface area contributed by atoms with Crippen molar-refractivity contribution in [2.24, 2.45) is 0 Å². The highest BCUT2D eigenvalue weighted by Crippen LogP contribution is 2.43. The van der Waals surface area contributed by atoms with Gasteiger partial charge in [-0.1, -0.05) is 121 Å². The van der Waals surface area contributed by atoms with E-state index in [1.165, 1.54) is 10.8 Å². The minimum Gasteiger partial charge on any atom is -0.455 e. The van der Waals surface area contributed by atoms with Crippen molar-refractivity contribution in [3.05, 3.63) is 164 Å². The molecule has 7 aromatic carbocycles. The summed E-state index contributed by atoms with van der Waals surface area (Å²) in [6.07, 6.45) is 0. The van der Waals surface area contributed by atoms with E-state index in [-0.39, 0.29) is 0 Å². The molecule has 0 saturated carbocycles. The molecule has 10 rings (SSSR count). The van der Waals surface area contributed by atoms with E-state index in [9.17, 15) is 0 Å². The van der Waals surface area contributed by atoms with Crippen LogP contribution in [0.1, 0.15) is 0 Å². The van der Waals surface area contributed by atoms with Crippen LogP contribution in [0.2, 0.25) is 0 Å². The Kier molecular flexibility index (Phi) is 5.84. The zero-order valence-corrected chi connectivity index (χ0v) is 25.8. The van der Waals surface area contributed by atoms with Gasteiger partial charge in [0.05, 0.1) is 27.8 Å². The van der Waals surface area contributed by atoms with Crippen LogP contribution in [-0.2, 0) is 0 Å². The van der Waals surface area contributed by atoms with Crippen LogP contribution >= 0.6 is 0 Å². The summed E-state index contributed by atoms with van der Waals surface area (Å²) in [7, 11) is 0. The fraction of sp³-hybridized carbons (Fsp3) is 0. The topological polar surface area (TPSA) is 43.9 Å². The van der Waals surface area contributed by atoms with E-state index in [2.05, 4.69) is 132 Å². The Labute approximate surface area is 276 Å². The van der Waals surface area contributed by atoms with E-state index in [4.69, 9.17) is 14.4 Å². The van der Waals surface area contributed by atoms with Crippen LogP contribution in [0.4, 0.5) is 0 Å². The smallest absolute Gasteiger partial charge is 0.160 e. The van der Waals surface area contributed by atoms with Crippen LogP contribution in [0.5, 0.6) is 0 Å². The third-order valence-corrected chi connectivity index (χ3v) is 9.40. The molecule has 0 atom stereocenters. The Hall–Kier alpha value is -6.52. The molecule has 0 aliphatic rings. The van der Waals surface area contributed by atoms with Crippen LogP contribution in [0.25, 0.3) is 94.1 Å². The van der Waals surface area contributed by atoms with Gasteiger partial charge in [-0.05, 0) is 53.2 Å². The molecule has 0 bridgehead atoms. The normalized spacial score (nSPS) is 11.8. The highest BCUT2D eigenvalue weighted by molar-refractivity contribution is 6.24. The van der Waals surface area contributed by atoms with Crippen LogP contribution in [0.15, 0.2) is 168 Å². The minimum absolute atomic E-state index is 0.681. The predicted molar refractivity (Wildman–Crippen MR) is 197 cm³/mol. The Morgan fingerprint density at radius 1 is 0.438 bits per heavy atom. The maximum atomic E-state index is 7.00. The number of hydrogen-bond donors (Lipinski definition) is 0. The van der Waals surface area contributed by atoms with Crippen molar-refractivity contribution in [2.45, 2.75) is 0 Å². The van der Waals surface area contributed by atoms with Gasteiger partial charge in [0.15, 0.2) is 5.82 Å². The number of fused-ring (bicyclic) bond motifs is 8. The first kappa shape index (κ1) is 26.7. The van der Waals surface area contributed by atoms with Gasteiger partial charge in [0.2, 0.25) is 0 Å². The Bertz CT molecular complexity index is 2770. The summed E-state index contributed by atoms with van der Waals surface area (Å²) in [6.45, 7) is 0. The molecule has 4 heteroatoms. The second-order valence-electron chi connectivity index (χ2n) is 12.2. The Balaban J connectivity index is 1.24. The number of benzene rings is 7. The van der Waals surface area contributed by atoms with Gasteiger partial charge in [-0.2, -0.15) is 0 Å². The van der Waals surface area contributed by atoms with Gasteiger partial charge in [0.25, 0.3) is 0 Å². The molecule has 0 N–H and O–H groups in total. The quantitative estimate of drug-likeness (QED) is 0.198. The zero-order chi connectivity index (χ0) is 31.6. The van der Waals surface area contributed by atoms with Crippen molar-refractivity contribution in [1.82, 2.24) is 14.5 Å². The molecule has 0 unspecified atom stereocenters. The molecule has 0 aliphatic carbocycles. The second kappa shape index (κ2) is 10.5. The van der Waals surface area contributed by atoms with Gasteiger partial charge < -0.3 is 8.98 Å². The van der Waals surface area contributed by atoms with Crippen molar-refractivity contribution < 1.29 is 4.42 Å². The van der Waals surface area contributed by atoms with Crippen LogP contribution < -0.4 is 0 Å². The summed E-state index contributed by atoms with van der Waals surface area (Å²) in [6, 6.07) is 57.1. The summed E-state index contributed by atoms with van der Waals surface area (Å²) in [5.74, 6) is 0.681. The van der Waals surface area contributed by atoms with Crippen LogP contribution in [0, 0.1) is 0 Å². The molecule has 0 radical (unpaired) electrons. The van der Waals surface area contributed by atoms with E-state index < -0.39 is 0 Å². The fourth-order valence-electron chi connectivity index (χ4n) is 7.16. The number of nitrogens with zero attached hydrogens (tertiary/aromatic N) is 3. The molecule has 10 aromatic rings. The highest BCUT2D eigenvalue weighted by Gasteiger charge is 2.21. The van der Waals surface area contributed by atoms with Crippen LogP contribution in [-0.4, -0.2) is 14.5 Å². The van der Waals surface area contributed by atoms with E-state index in [0.29, 0.717) is 5.82 Å². The van der Waals surface area contributed by atoms with Crippen molar-refractivity contribution in [2.75, 3.05) is 0 Å². The third kappa shape index (κ3) is 4.10. The SMILES string of the molecule is c1ccc(-c2cc(-c3cccc4c3oc3c4ccc4c3c3ccccc3n4-c3ccc4ccccc4c3)nc(-c3ccccc3)n2)cc1.